The second-order valence-corrected chi connectivity index (χ2v) is 5.59. The van der Waals surface area contributed by atoms with Crippen molar-refractivity contribution >= 4 is 35.4 Å². The monoisotopic (exact) mass is 365 g/mol. The lowest BCUT2D eigenvalue weighted by Crippen LogP contribution is -2.48. The number of amides is 1. The van der Waals surface area contributed by atoms with E-state index >= 15 is 0 Å². The van der Waals surface area contributed by atoms with Crippen LogP contribution in [0.4, 0.5) is 0 Å². The van der Waals surface area contributed by atoms with E-state index in [1.54, 1.807) is 12.1 Å². The van der Waals surface area contributed by atoms with Crippen molar-refractivity contribution in [1.82, 2.24) is 5.32 Å². The van der Waals surface area contributed by atoms with Gasteiger partial charge in [0.1, 0.15) is 5.92 Å². The Balaban J connectivity index is 2.36. The van der Waals surface area contributed by atoms with Crippen LogP contribution in [0.25, 0.3) is 0 Å². The number of carboxylic acids is 3. The van der Waals surface area contributed by atoms with Crippen molar-refractivity contribution in [2.24, 2.45) is 11.3 Å². The predicted molar refractivity (Wildman–Crippen MR) is 85.0 cm³/mol. The fraction of sp³-hybridized carbons (Fsp3) is 0.125. The summed E-state index contributed by atoms with van der Waals surface area (Å²) in [6, 6.07) is 6.12. The normalized spacial score (nSPS) is 18.1. The molecule has 0 saturated carbocycles. The third-order valence-corrected chi connectivity index (χ3v) is 4.04. The lowest BCUT2D eigenvalue weighted by Gasteiger charge is -2.29. The molecule has 0 fully saturated rings. The highest BCUT2D eigenvalue weighted by molar-refractivity contribution is 6.33. The second-order valence-electron chi connectivity index (χ2n) is 5.18. The van der Waals surface area contributed by atoms with Gasteiger partial charge in [0, 0.05) is 5.70 Å². The zero-order valence-corrected chi connectivity index (χ0v) is 13.2. The van der Waals surface area contributed by atoms with E-state index in [4.69, 9.17) is 11.6 Å². The molecule has 9 heteroatoms. The lowest BCUT2D eigenvalue weighted by molar-refractivity contribution is -0.169. The van der Waals surface area contributed by atoms with Crippen LogP contribution in [0.2, 0.25) is 5.02 Å². The van der Waals surface area contributed by atoms with E-state index in [1.165, 1.54) is 12.1 Å². The highest BCUT2D eigenvalue weighted by Crippen LogP contribution is 2.36. The molecular weight excluding hydrogens is 354 g/mol. The molecule has 1 aliphatic rings. The molecule has 8 nitrogen and oxygen atoms in total. The number of aliphatic carboxylic acids is 3. The van der Waals surface area contributed by atoms with Gasteiger partial charge in [-0.2, -0.15) is 0 Å². The maximum Gasteiger partial charge on any atom is 0.326 e. The molecule has 1 atom stereocenters. The van der Waals surface area contributed by atoms with Crippen LogP contribution in [-0.2, 0) is 14.4 Å². The molecule has 1 amide bonds. The number of nitrogens with one attached hydrogen (secondary N) is 1. The van der Waals surface area contributed by atoms with Crippen LogP contribution in [0.15, 0.2) is 48.2 Å². The number of rotatable bonds is 5. The largest absolute Gasteiger partial charge is 0.481 e. The van der Waals surface area contributed by atoms with Crippen LogP contribution in [0, 0.1) is 11.3 Å². The molecule has 0 radical (unpaired) electrons. The topological polar surface area (TPSA) is 141 Å². The molecule has 0 saturated heterocycles. The molecule has 0 bridgehead atoms. The van der Waals surface area contributed by atoms with Gasteiger partial charge < -0.3 is 20.6 Å². The summed E-state index contributed by atoms with van der Waals surface area (Å²) in [4.78, 5) is 46.4. The minimum atomic E-state index is -2.66. The van der Waals surface area contributed by atoms with Gasteiger partial charge in [0.05, 0.1) is 10.6 Å². The number of carbonyl (C=O) groups excluding carboxylic acids is 1. The summed E-state index contributed by atoms with van der Waals surface area (Å²) >= 11 is 5.90. The zero-order valence-electron chi connectivity index (χ0n) is 12.5. The van der Waals surface area contributed by atoms with Gasteiger partial charge in [0.15, 0.2) is 5.41 Å². The second kappa shape index (κ2) is 6.78. The molecule has 0 aromatic heterocycles. The van der Waals surface area contributed by atoms with E-state index in [0.717, 1.165) is 18.2 Å². The van der Waals surface area contributed by atoms with Gasteiger partial charge in [-0.1, -0.05) is 29.8 Å². The quantitative estimate of drug-likeness (QED) is 0.577. The van der Waals surface area contributed by atoms with E-state index in [1.807, 2.05) is 0 Å². The smallest absolute Gasteiger partial charge is 0.326 e. The first-order valence-corrected chi connectivity index (χ1v) is 7.24. The van der Waals surface area contributed by atoms with Crippen molar-refractivity contribution in [1.29, 1.82) is 0 Å². The Bertz CT molecular complexity index is 814. The van der Waals surface area contributed by atoms with E-state index in [9.17, 15) is 34.5 Å². The Morgan fingerprint density at radius 1 is 1.04 bits per heavy atom. The molecule has 4 N–H and O–H groups in total. The summed E-state index contributed by atoms with van der Waals surface area (Å²) in [5, 5.41) is 30.3. The van der Waals surface area contributed by atoms with Crippen LogP contribution >= 0.6 is 11.6 Å². The van der Waals surface area contributed by atoms with Crippen LogP contribution in [-0.4, -0.2) is 39.1 Å². The summed E-state index contributed by atoms with van der Waals surface area (Å²) in [6.07, 6.45) is 2.65. The number of carboxylic acid groups (broad SMARTS) is 3. The summed E-state index contributed by atoms with van der Waals surface area (Å²) in [5.74, 6) is -7.86. The molecule has 25 heavy (non-hydrogen) atoms. The van der Waals surface area contributed by atoms with Crippen LogP contribution in [0.3, 0.4) is 0 Å². The molecule has 1 aliphatic carbocycles. The van der Waals surface area contributed by atoms with Crippen molar-refractivity contribution in [3.63, 3.8) is 0 Å². The van der Waals surface area contributed by atoms with E-state index in [-0.39, 0.29) is 16.3 Å². The molecule has 0 aliphatic heterocycles. The predicted octanol–water partition coefficient (Wildman–Crippen LogP) is 1.38. The molecule has 130 valence electrons. The minimum Gasteiger partial charge on any atom is -0.481 e. The van der Waals surface area contributed by atoms with Crippen molar-refractivity contribution in [2.45, 2.75) is 0 Å². The van der Waals surface area contributed by atoms with Crippen molar-refractivity contribution in [3.8, 4) is 0 Å². The zero-order chi connectivity index (χ0) is 18.8. The molecule has 1 aromatic carbocycles. The van der Waals surface area contributed by atoms with Crippen LogP contribution in [0.1, 0.15) is 10.4 Å². The molecule has 1 aromatic rings. The number of benzene rings is 1. The van der Waals surface area contributed by atoms with Crippen molar-refractivity contribution < 1.29 is 34.5 Å². The Morgan fingerprint density at radius 2 is 1.64 bits per heavy atom. The van der Waals surface area contributed by atoms with Crippen molar-refractivity contribution in [3.05, 3.63) is 58.8 Å². The highest BCUT2D eigenvalue weighted by Gasteiger charge is 2.55. The molecule has 0 spiro atoms. The third kappa shape index (κ3) is 3.24. The van der Waals surface area contributed by atoms with Gasteiger partial charge in [-0.15, -0.1) is 0 Å². The standard InChI is InChI=1S/C16H12ClNO7/c17-11-4-2-1-3-9(11)12(19)18-8-5-6-16(14(22)23,15(24)25)10(7-8)13(20)21/h1-7,10H,(H,18,19)(H,20,21)(H,22,23)(H,24,25). The summed E-state index contributed by atoms with van der Waals surface area (Å²) in [5.41, 5.74) is -2.58. The van der Waals surface area contributed by atoms with Crippen LogP contribution < -0.4 is 5.32 Å². The first kappa shape index (κ1) is 18.2. The maximum absolute atomic E-state index is 12.2. The number of carbonyl (C=O) groups is 4. The average Bonchev–Trinajstić information content (AvgIpc) is 2.54. The molecule has 1 unspecified atom stereocenters. The van der Waals surface area contributed by atoms with Crippen molar-refractivity contribution in [2.75, 3.05) is 0 Å². The SMILES string of the molecule is O=C(NC1=CC(C(=O)O)C(C(=O)O)(C(=O)O)C=C1)c1ccccc1Cl. The Labute approximate surface area is 146 Å². The van der Waals surface area contributed by atoms with E-state index in [2.05, 4.69) is 5.32 Å². The fourth-order valence-electron chi connectivity index (χ4n) is 2.38. The Hall–Kier alpha value is -3.13. The summed E-state index contributed by atoms with van der Waals surface area (Å²) in [6.45, 7) is 0. The number of hydrogen-bond acceptors (Lipinski definition) is 4. The summed E-state index contributed by atoms with van der Waals surface area (Å²) < 4.78 is 0. The molecular formula is C16H12ClNO7. The van der Waals surface area contributed by atoms with Gasteiger partial charge in [-0.3, -0.25) is 19.2 Å². The third-order valence-electron chi connectivity index (χ3n) is 3.71. The van der Waals surface area contributed by atoms with E-state index in [0.29, 0.717) is 0 Å². The fourth-order valence-corrected chi connectivity index (χ4v) is 2.61. The van der Waals surface area contributed by atoms with Crippen LogP contribution in [0.5, 0.6) is 0 Å². The number of allylic oxidation sites excluding steroid dienone is 1. The average molecular weight is 366 g/mol. The van der Waals surface area contributed by atoms with Gasteiger partial charge in [-0.05, 0) is 24.3 Å². The summed E-state index contributed by atoms with van der Waals surface area (Å²) in [7, 11) is 0. The van der Waals surface area contributed by atoms with Gasteiger partial charge in [-0.25, -0.2) is 0 Å². The molecule has 2 rings (SSSR count). The first-order valence-electron chi connectivity index (χ1n) is 6.86. The first-order chi connectivity index (χ1) is 11.7. The Morgan fingerprint density at radius 3 is 2.16 bits per heavy atom. The molecule has 0 heterocycles. The lowest BCUT2D eigenvalue weighted by atomic mass is 9.72. The maximum atomic E-state index is 12.2. The highest BCUT2D eigenvalue weighted by atomic mass is 35.5. The number of hydrogen-bond donors (Lipinski definition) is 4. The minimum absolute atomic E-state index is 0.0459. The Kier molecular flexibility index (Phi) is 4.94. The van der Waals surface area contributed by atoms with Gasteiger partial charge >= 0.3 is 17.9 Å². The van der Waals surface area contributed by atoms with E-state index < -0.39 is 35.1 Å². The van der Waals surface area contributed by atoms with Gasteiger partial charge in [0.2, 0.25) is 0 Å². The van der Waals surface area contributed by atoms with Gasteiger partial charge in [0.25, 0.3) is 5.91 Å². The number of halogens is 1.